The summed E-state index contributed by atoms with van der Waals surface area (Å²) in [5.74, 6) is -0.379. The topological polar surface area (TPSA) is 78.5 Å². The summed E-state index contributed by atoms with van der Waals surface area (Å²) in [5, 5.41) is 6.32. The third-order valence-electron chi connectivity index (χ3n) is 5.46. The van der Waals surface area contributed by atoms with Gasteiger partial charge in [-0.1, -0.05) is 61.0 Å². The van der Waals surface area contributed by atoms with Gasteiger partial charge in [-0.25, -0.2) is 0 Å². The van der Waals surface area contributed by atoms with Gasteiger partial charge in [0.1, 0.15) is 0 Å². The molecule has 0 radical (unpaired) electrons. The van der Waals surface area contributed by atoms with E-state index in [4.69, 9.17) is 11.6 Å². The van der Waals surface area contributed by atoms with Crippen LogP contribution in [0.1, 0.15) is 54.6 Å². The molecule has 0 spiro atoms. The Balaban J connectivity index is 1.71. The second-order valence-corrected chi connectivity index (χ2v) is 8.13. The van der Waals surface area contributed by atoms with Crippen LogP contribution in [-0.2, 0) is 9.59 Å². The molecule has 0 saturated carbocycles. The lowest BCUT2D eigenvalue weighted by atomic mass is 10.00. The number of hydrogen-bond donors (Lipinski definition) is 2. The predicted molar refractivity (Wildman–Crippen MR) is 121 cm³/mol. The molecule has 0 bridgehead atoms. The van der Waals surface area contributed by atoms with E-state index in [0.717, 1.165) is 18.4 Å². The Labute approximate surface area is 188 Å². The van der Waals surface area contributed by atoms with Crippen LogP contribution in [0.2, 0.25) is 5.02 Å². The second kappa shape index (κ2) is 11.0. The zero-order valence-corrected chi connectivity index (χ0v) is 18.4. The highest BCUT2D eigenvalue weighted by Crippen LogP contribution is 2.22. The molecule has 2 aromatic rings. The van der Waals surface area contributed by atoms with Gasteiger partial charge in [-0.3, -0.25) is 14.4 Å². The highest BCUT2D eigenvalue weighted by atomic mass is 35.5. The van der Waals surface area contributed by atoms with Gasteiger partial charge in [0.15, 0.2) is 0 Å². The van der Waals surface area contributed by atoms with Crippen LogP contribution in [-0.4, -0.2) is 41.8 Å². The molecule has 2 atom stereocenters. The molecule has 1 aliphatic heterocycles. The molecule has 7 heteroatoms. The molecule has 2 unspecified atom stereocenters. The molecule has 1 heterocycles. The van der Waals surface area contributed by atoms with Crippen molar-refractivity contribution in [3.63, 3.8) is 0 Å². The molecule has 2 N–H and O–H groups in total. The van der Waals surface area contributed by atoms with Gasteiger partial charge in [0.25, 0.3) is 5.91 Å². The van der Waals surface area contributed by atoms with Crippen molar-refractivity contribution in [3.8, 4) is 0 Å². The number of nitrogens with zero attached hydrogens (tertiary/aromatic N) is 1. The molecule has 3 rings (SSSR count). The third kappa shape index (κ3) is 6.31. The smallest absolute Gasteiger partial charge is 0.253 e. The first kappa shape index (κ1) is 22.8. The van der Waals surface area contributed by atoms with E-state index in [9.17, 15) is 14.4 Å². The van der Waals surface area contributed by atoms with Crippen LogP contribution < -0.4 is 10.6 Å². The summed E-state index contributed by atoms with van der Waals surface area (Å²) in [6, 6.07) is 15.8. The van der Waals surface area contributed by atoms with Gasteiger partial charge in [0, 0.05) is 25.6 Å². The van der Waals surface area contributed by atoms with E-state index in [0.29, 0.717) is 30.1 Å². The summed E-state index contributed by atoms with van der Waals surface area (Å²) >= 11 is 6.18. The summed E-state index contributed by atoms with van der Waals surface area (Å²) in [6.07, 6.45) is 2.26. The molecule has 0 aliphatic carbocycles. The van der Waals surface area contributed by atoms with E-state index in [1.807, 2.05) is 37.3 Å². The van der Waals surface area contributed by atoms with Crippen molar-refractivity contribution >= 4 is 29.3 Å². The van der Waals surface area contributed by atoms with Gasteiger partial charge in [-0.05, 0) is 30.5 Å². The van der Waals surface area contributed by atoms with Crippen LogP contribution in [0.3, 0.4) is 0 Å². The van der Waals surface area contributed by atoms with E-state index in [-0.39, 0.29) is 30.2 Å². The van der Waals surface area contributed by atoms with E-state index < -0.39 is 6.04 Å². The number of carbonyl (C=O) groups excluding carboxylic acids is 3. The number of hydrogen-bond acceptors (Lipinski definition) is 3. The highest BCUT2D eigenvalue weighted by molar-refractivity contribution is 6.33. The molecule has 3 amide bonds. The maximum absolute atomic E-state index is 13.1. The standard InChI is InChI=1S/C24H28ClN3O3/c1-2-22(29)26-18-11-8-14-28(16-18)23(30)15-21(17-9-4-3-5-10-17)27-24(31)19-12-6-7-13-20(19)25/h3-7,9-10,12-13,18,21H,2,8,11,14-16H2,1H3,(H,26,29)(H,27,31). The van der Waals surface area contributed by atoms with Crippen molar-refractivity contribution < 1.29 is 14.4 Å². The van der Waals surface area contributed by atoms with Crippen molar-refractivity contribution in [1.29, 1.82) is 0 Å². The van der Waals surface area contributed by atoms with Crippen molar-refractivity contribution in [2.45, 2.75) is 44.7 Å². The van der Waals surface area contributed by atoms with Crippen LogP contribution in [0, 0.1) is 0 Å². The summed E-state index contributed by atoms with van der Waals surface area (Å²) in [4.78, 5) is 39.5. The van der Waals surface area contributed by atoms with Gasteiger partial charge in [0.05, 0.1) is 23.0 Å². The number of halogens is 1. The van der Waals surface area contributed by atoms with Crippen LogP contribution >= 0.6 is 11.6 Å². The molecular weight excluding hydrogens is 414 g/mol. The van der Waals surface area contributed by atoms with Crippen LogP contribution in [0.15, 0.2) is 54.6 Å². The van der Waals surface area contributed by atoms with Crippen molar-refractivity contribution in [2.24, 2.45) is 0 Å². The van der Waals surface area contributed by atoms with E-state index in [1.165, 1.54) is 0 Å². The van der Waals surface area contributed by atoms with Gasteiger partial charge in [0.2, 0.25) is 11.8 Å². The second-order valence-electron chi connectivity index (χ2n) is 7.72. The first-order chi connectivity index (χ1) is 15.0. The Kier molecular flexibility index (Phi) is 8.06. The number of rotatable bonds is 7. The monoisotopic (exact) mass is 441 g/mol. The average Bonchev–Trinajstić information content (AvgIpc) is 2.79. The molecule has 164 valence electrons. The minimum absolute atomic E-state index is 0.00605. The molecule has 31 heavy (non-hydrogen) atoms. The Morgan fingerprint density at radius 1 is 1.10 bits per heavy atom. The van der Waals surface area contributed by atoms with Crippen molar-refractivity contribution in [1.82, 2.24) is 15.5 Å². The molecule has 1 fully saturated rings. The number of carbonyl (C=O) groups is 3. The first-order valence-electron chi connectivity index (χ1n) is 10.7. The quantitative estimate of drug-likeness (QED) is 0.687. The number of amides is 3. The summed E-state index contributed by atoms with van der Waals surface area (Å²) in [5.41, 5.74) is 1.22. The van der Waals surface area contributed by atoms with E-state index in [2.05, 4.69) is 10.6 Å². The van der Waals surface area contributed by atoms with Crippen LogP contribution in [0.4, 0.5) is 0 Å². The molecule has 0 aromatic heterocycles. The SMILES string of the molecule is CCC(=O)NC1CCCN(C(=O)CC(NC(=O)c2ccccc2Cl)c2ccccc2)C1. The van der Waals surface area contributed by atoms with Gasteiger partial charge >= 0.3 is 0 Å². The average molecular weight is 442 g/mol. The highest BCUT2D eigenvalue weighted by Gasteiger charge is 2.27. The van der Waals surface area contributed by atoms with Crippen molar-refractivity contribution in [2.75, 3.05) is 13.1 Å². The van der Waals surface area contributed by atoms with Crippen LogP contribution in [0.25, 0.3) is 0 Å². The van der Waals surface area contributed by atoms with Gasteiger partial charge in [-0.15, -0.1) is 0 Å². The minimum Gasteiger partial charge on any atom is -0.352 e. The molecule has 6 nitrogen and oxygen atoms in total. The molecule has 1 saturated heterocycles. The normalized spacial score (nSPS) is 17.0. The zero-order valence-electron chi connectivity index (χ0n) is 17.6. The number of nitrogens with one attached hydrogen (secondary N) is 2. The minimum atomic E-state index is -0.483. The lowest BCUT2D eigenvalue weighted by molar-refractivity contribution is -0.134. The molecular formula is C24H28ClN3O3. The van der Waals surface area contributed by atoms with E-state index in [1.54, 1.807) is 29.2 Å². The lowest BCUT2D eigenvalue weighted by Crippen LogP contribution is -2.50. The lowest BCUT2D eigenvalue weighted by Gasteiger charge is -2.34. The first-order valence-corrected chi connectivity index (χ1v) is 11.0. The Morgan fingerprint density at radius 2 is 1.81 bits per heavy atom. The molecule has 1 aliphatic rings. The number of piperidine rings is 1. The fourth-order valence-electron chi connectivity index (χ4n) is 3.77. The Hall–Kier alpha value is -2.86. The summed E-state index contributed by atoms with van der Waals surface area (Å²) in [6.45, 7) is 2.95. The third-order valence-corrected chi connectivity index (χ3v) is 5.79. The van der Waals surface area contributed by atoms with Crippen LogP contribution in [0.5, 0.6) is 0 Å². The van der Waals surface area contributed by atoms with Gasteiger partial charge < -0.3 is 15.5 Å². The van der Waals surface area contributed by atoms with Crippen molar-refractivity contribution in [3.05, 3.63) is 70.7 Å². The summed E-state index contributed by atoms with van der Waals surface area (Å²) in [7, 11) is 0. The number of benzene rings is 2. The largest absolute Gasteiger partial charge is 0.352 e. The Morgan fingerprint density at radius 3 is 2.52 bits per heavy atom. The van der Waals surface area contributed by atoms with Gasteiger partial charge in [-0.2, -0.15) is 0 Å². The zero-order chi connectivity index (χ0) is 22.2. The Bertz CT molecular complexity index is 919. The fraction of sp³-hybridized carbons (Fsp3) is 0.375. The number of likely N-dealkylation sites (tertiary alicyclic amines) is 1. The summed E-state index contributed by atoms with van der Waals surface area (Å²) < 4.78 is 0. The van der Waals surface area contributed by atoms with E-state index >= 15 is 0 Å². The maximum atomic E-state index is 13.1. The maximum Gasteiger partial charge on any atom is 0.253 e. The predicted octanol–water partition coefficient (Wildman–Crippen LogP) is 3.72. The fourth-order valence-corrected chi connectivity index (χ4v) is 4.00. The molecule has 2 aromatic carbocycles.